The van der Waals surface area contributed by atoms with E-state index in [4.69, 9.17) is 4.74 Å². The molecule has 3 rings (SSSR count). The highest BCUT2D eigenvalue weighted by Gasteiger charge is 2.17. The van der Waals surface area contributed by atoms with Crippen LogP contribution in [0, 0.1) is 10.1 Å². The van der Waals surface area contributed by atoms with Gasteiger partial charge in [0.25, 0.3) is 5.56 Å². The number of nitro benzene ring substituents is 1. The largest absolute Gasteiger partial charge is 0.419 e. The second-order valence-corrected chi connectivity index (χ2v) is 7.29. The SMILES string of the molecule is CCCc1nc2ccc(Br)cc2c(=O)n1N=Cc1ccc(OC(C)=O)c([N+](=O)[O-])c1. The van der Waals surface area contributed by atoms with Gasteiger partial charge in [-0.3, -0.25) is 19.7 Å². The van der Waals surface area contributed by atoms with E-state index < -0.39 is 10.9 Å². The number of aromatic nitrogens is 2. The summed E-state index contributed by atoms with van der Waals surface area (Å²) >= 11 is 3.35. The second-order valence-electron chi connectivity index (χ2n) is 6.38. The fourth-order valence-corrected chi connectivity index (χ4v) is 3.18. The van der Waals surface area contributed by atoms with Crippen LogP contribution >= 0.6 is 15.9 Å². The number of rotatable bonds is 6. The van der Waals surface area contributed by atoms with E-state index in [0.29, 0.717) is 28.7 Å². The predicted molar refractivity (Wildman–Crippen MR) is 115 cm³/mol. The zero-order valence-corrected chi connectivity index (χ0v) is 17.7. The zero-order valence-electron chi connectivity index (χ0n) is 16.2. The number of nitro groups is 1. The fraction of sp³-hybridized carbons (Fsp3) is 0.200. The van der Waals surface area contributed by atoms with Gasteiger partial charge in [-0.2, -0.15) is 9.78 Å². The van der Waals surface area contributed by atoms with Gasteiger partial charge < -0.3 is 4.74 Å². The van der Waals surface area contributed by atoms with Crippen LogP contribution in [-0.4, -0.2) is 26.8 Å². The van der Waals surface area contributed by atoms with Crippen molar-refractivity contribution in [1.82, 2.24) is 9.66 Å². The minimum absolute atomic E-state index is 0.161. The molecule has 0 radical (unpaired) electrons. The first-order valence-corrected chi connectivity index (χ1v) is 9.82. The number of esters is 1. The highest BCUT2D eigenvalue weighted by molar-refractivity contribution is 9.10. The Bertz CT molecular complexity index is 1240. The standard InChI is InChI=1S/C20H17BrN4O5/c1-3-4-19-23-16-7-6-14(21)10-15(16)20(27)24(19)22-11-13-5-8-18(30-12(2)26)17(9-13)25(28)29/h5-11H,3-4H2,1-2H3. The Hall–Kier alpha value is -3.40. The van der Waals surface area contributed by atoms with Crippen molar-refractivity contribution in [2.24, 2.45) is 5.10 Å². The number of hydrogen-bond donors (Lipinski definition) is 0. The maximum atomic E-state index is 13.0. The van der Waals surface area contributed by atoms with E-state index in [1.165, 1.54) is 29.1 Å². The summed E-state index contributed by atoms with van der Waals surface area (Å²) in [6.45, 7) is 3.12. The molecule has 3 aromatic rings. The van der Waals surface area contributed by atoms with Gasteiger partial charge in [0.1, 0.15) is 5.82 Å². The first-order valence-electron chi connectivity index (χ1n) is 9.02. The third-order valence-corrected chi connectivity index (χ3v) is 4.60. The smallest absolute Gasteiger partial charge is 0.312 e. The molecular weight excluding hydrogens is 456 g/mol. The number of carbonyl (C=O) groups excluding carboxylic acids is 1. The number of nitrogens with zero attached hydrogens (tertiary/aromatic N) is 4. The van der Waals surface area contributed by atoms with Gasteiger partial charge in [0.05, 0.1) is 22.0 Å². The Kier molecular flexibility index (Phi) is 6.36. The number of halogens is 1. The summed E-state index contributed by atoms with van der Waals surface area (Å²) in [5.41, 5.74) is 0.212. The van der Waals surface area contributed by atoms with Crippen LogP contribution in [0.25, 0.3) is 10.9 Å². The van der Waals surface area contributed by atoms with Gasteiger partial charge in [0.15, 0.2) is 0 Å². The van der Waals surface area contributed by atoms with Crippen LogP contribution in [0.2, 0.25) is 0 Å². The van der Waals surface area contributed by atoms with Crippen molar-refractivity contribution in [2.45, 2.75) is 26.7 Å². The monoisotopic (exact) mass is 472 g/mol. The minimum atomic E-state index is -0.663. The van der Waals surface area contributed by atoms with Crippen LogP contribution in [0.3, 0.4) is 0 Å². The van der Waals surface area contributed by atoms with Crippen molar-refractivity contribution in [3.8, 4) is 5.75 Å². The molecule has 0 aliphatic rings. The molecule has 0 bridgehead atoms. The molecule has 9 nitrogen and oxygen atoms in total. The lowest BCUT2D eigenvalue weighted by molar-refractivity contribution is -0.385. The van der Waals surface area contributed by atoms with Crippen molar-refractivity contribution in [1.29, 1.82) is 0 Å². The van der Waals surface area contributed by atoms with E-state index in [1.54, 1.807) is 12.1 Å². The van der Waals surface area contributed by atoms with Gasteiger partial charge in [0.2, 0.25) is 5.75 Å². The van der Waals surface area contributed by atoms with E-state index in [1.807, 2.05) is 13.0 Å². The molecule has 0 saturated carbocycles. The van der Waals surface area contributed by atoms with Gasteiger partial charge in [-0.25, -0.2) is 4.98 Å². The third-order valence-electron chi connectivity index (χ3n) is 4.10. The normalized spacial score (nSPS) is 11.2. The van der Waals surface area contributed by atoms with Crippen molar-refractivity contribution in [3.63, 3.8) is 0 Å². The average Bonchev–Trinajstić information content (AvgIpc) is 2.69. The molecule has 0 atom stereocenters. The van der Waals surface area contributed by atoms with Crippen molar-refractivity contribution in [2.75, 3.05) is 0 Å². The van der Waals surface area contributed by atoms with Crippen molar-refractivity contribution >= 4 is 44.7 Å². The molecule has 154 valence electrons. The van der Waals surface area contributed by atoms with Crippen molar-refractivity contribution < 1.29 is 14.5 Å². The van der Waals surface area contributed by atoms with Crippen molar-refractivity contribution in [3.05, 3.63) is 72.7 Å². The maximum absolute atomic E-state index is 13.0. The quantitative estimate of drug-likeness (QED) is 0.177. The lowest BCUT2D eigenvalue weighted by Gasteiger charge is -2.09. The molecule has 0 aliphatic heterocycles. The van der Waals surface area contributed by atoms with Gasteiger partial charge in [-0.1, -0.05) is 22.9 Å². The Balaban J connectivity index is 2.09. The van der Waals surface area contributed by atoms with Crippen LogP contribution in [0.5, 0.6) is 5.75 Å². The van der Waals surface area contributed by atoms with Gasteiger partial charge >= 0.3 is 11.7 Å². The second kappa shape index (κ2) is 8.95. The lowest BCUT2D eigenvalue weighted by atomic mass is 10.2. The predicted octanol–water partition coefficient (Wildman–Crippen LogP) is 3.83. The number of aryl methyl sites for hydroxylation is 1. The fourth-order valence-electron chi connectivity index (χ4n) is 2.82. The molecule has 0 saturated heterocycles. The zero-order chi connectivity index (χ0) is 21.8. The lowest BCUT2D eigenvalue weighted by Crippen LogP contribution is -2.22. The van der Waals surface area contributed by atoms with E-state index in [9.17, 15) is 19.7 Å². The van der Waals surface area contributed by atoms with E-state index in [0.717, 1.165) is 17.8 Å². The average molecular weight is 473 g/mol. The number of benzene rings is 2. The summed E-state index contributed by atoms with van der Waals surface area (Å²) in [5, 5.41) is 15.9. The molecule has 30 heavy (non-hydrogen) atoms. The molecule has 1 aromatic heterocycles. The minimum Gasteiger partial charge on any atom is -0.419 e. The maximum Gasteiger partial charge on any atom is 0.312 e. The molecule has 0 N–H and O–H groups in total. The van der Waals surface area contributed by atoms with Crippen LogP contribution in [-0.2, 0) is 11.2 Å². The summed E-state index contributed by atoms with van der Waals surface area (Å²) in [7, 11) is 0. The van der Waals surface area contributed by atoms with Crippen LogP contribution in [0.1, 0.15) is 31.7 Å². The first kappa shape index (κ1) is 21.3. The highest BCUT2D eigenvalue weighted by Crippen LogP contribution is 2.27. The number of hydrogen-bond acceptors (Lipinski definition) is 7. The van der Waals surface area contributed by atoms with Crippen LogP contribution in [0.15, 0.2) is 50.8 Å². The molecule has 10 heteroatoms. The number of carbonyl (C=O) groups is 1. The van der Waals surface area contributed by atoms with Gasteiger partial charge in [-0.05, 0) is 36.8 Å². The summed E-state index contributed by atoms with van der Waals surface area (Å²) in [5.74, 6) is -0.339. The van der Waals surface area contributed by atoms with Crippen LogP contribution < -0.4 is 10.3 Å². The summed E-state index contributed by atoms with van der Waals surface area (Å²) in [6.07, 6.45) is 2.62. The Morgan fingerprint density at radius 3 is 2.77 bits per heavy atom. The Labute approximate surface area is 179 Å². The molecule has 0 fully saturated rings. The summed E-state index contributed by atoms with van der Waals surface area (Å²) in [6, 6.07) is 9.27. The van der Waals surface area contributed by atoms with E-state index in [-0.39, 0.29) is 17.0 Å². The molecule has 0 amide bonds. The molecule has 1 heterocycles. The first-order chi connectivity index (χ1) is 14.3. The number of fused-ring (bicyclic) bond motifs is 1. The molecule has 0 spiro atoms. The highest BCUT2D eigenvalue weighted by atomic mass is 79.9. The van der Waals surface area contributed by atoms with Crippen LogP contribution in [0.4, 0.5) is 5.69 Å². The molecule has 0 aliphatic carbocycles. The summed E-state index contributed by atoms with van der Waals surface area (Å²) in [4.78, 5) is 39.3. The Morgan fingerprint density at radius 1 is 1.33 bits per heavy atom. The Morgan fingerprint density at radius 2 is 2.10 bits per heavy atom. The van der Waals surface area contributed by atoms with Gasteiger partial charge in [0, 0.05) is 29.4 Å². The molecule has 2 aromatic carbocycles. The molecular formula is C20H17BrN4O5. The van der Waals surface area contributed by atoms with E-state index in [2.05, 4.69) is 26.0 Å². The summed E-state index contributed by atoms with van der Waals surface area (Å²) < 4.78 is 6.80. The van der Waals surface area contributed by atoms with Gasteiger partial charge in [-0.15, -0.1) is 0 Å². The topological polar surface area (TPSA) is 117 Å². The third kappa shape index (κ3) is 4.60. The number of ether oxygens (including phenoxy) is 1. The molecule has 0 unspecified atom stereocenters. The van der Waals surface area contributed by atoms with E-state index >= 15 is 0 Å².